The molecular weight excluding hydrogens is 365 g/mol. The zero-order valence-corrected chi connectivity index (χ0v) is 16.1. The molecule has 0 unspecified atom stereocenters. The number of carbonyl (C=O) groups excluding carboxylic acids is 1. The molecule has 3 aromatic rings. The highest BCUT2D eigenvalue weighted by Gasteiger charge is 2.20. The van der Waals surface area contributed by atoms with Crippen LogP contribution in [0.25, 0.3) is 5.69 Å². The van der Waals surface area contributed by atoms with Crippen molar-refractivity contribution in [3.05, 3.63) is 59.9 Å². The van der Waals surface area contributed by atoms with Gasteiger partial charge in [0.1, 0.15) is 5.82 Å². The summed E-state index contributed by atoms with van der Waals surface area (Å²) >= 11 is 1.21. The topological polar surface area (TPSA) is 72.7 Å². The summed E-state index contributed by atoms with van der Waals surface area (Å²) in [7, 11) is 0. The van der Waals surface area contributed by atoms with E-state index in [4.69, 9.17) is 0 Å². The molecule has 27 heavy (non-hydrogen) atoms. The first-order valence-corrected chi connectivity index (χ1v) is 9.44. The first-order chi connectivity index (χ1) is 13.0. The fraction of sp³-hybridized carbons (Fsp3) is 0.263. The van der Waals surface area contributed by atoms with Crippen LogP contribution in [0.2, 0.25) is 0 Å². The second kappa shape index (κ2) is 8.30. The van der Waals surface area contributed by atoms with E-state index in [0.717, 1.165) is 5.69 Å². The number of thioether (sulfide) groups is 1. The summed E-state index contributed by atoms with van der Waals surface area (Å²) in [6, 6.07) is 14.0. The van der Waals surface area contributed by atoms with E-state index in [1.54, 1.807) is 23.7 Å². The average Bonchev–Trinajstić information content (AvgIpc) is 3.11. The SMILES string of the molecule is CC(C)c1ccc(-n2nnnc2S[C@H](C)C(=O)Nc2ccccc2F)cc1. The normalized spacial score (nSPS) is 12.2. The number of amides is 1. The van der Waals surface area contributed by atoms with Crippen molar-refractivity contribution in [2.45, 2.75) is 37.1 Å². The standard InChI is InChI=1S/C19H20FN5OS/c1-12(2)14-8-10-15(11-9-14)25-19(22-23-24-25)27-13(3)18(26)21-17-7-5-4-6-16(17)20/h4-13H,1-3H3,(H,21,26)/t13-/m1/s1. The lowest BCUT2D eigenvalue weighted by molar-refractivity contribution is -0.115. The van der Waals surface area contributed by atoms with E-state index in [-0.39, 0.29) is 11.6 Å². The molecule has 1 aromatic heterocycles. The minimum absolute atomic E-state index is 0.152. The van der Waals surface area contributed by atoms with Gasteiger partial charge in [0, 0.05) is 0 Å². The van der Waals surface area contributed by atoms with Crippen molar-refractivity contribution in [2.75, 3.05) is 5.32 Å². The quantitative estimate of drug-likeness (QED) is 0.648. The molecule has 0 radical (unpaired) electrons. The lowest BCUT2D eigenvalue weighted by Gasteiger charge is -2.12. The van der Waals surface area contributed by atoms with Crippen LogP contribution in [0.4, 0.5) is 10.1 Å². The van der Waals surface area contributed by atoms with Gasteiger partial charge in [0.15, 0.2) is 0 Å². The molecule has 1 N–H and O–H groups in total. The van der Waals surface area contributed by atoms with E-state index in [2.05, 4.69) is 34.7 Å². The third kappa shape index (κ3) is 4.51. The number of halogens is 1. The smallest absolute Gasteiger partial charge is 0.237 e. The van der Waals surface area contributed by atoms with E-state index in [1.807, 2.05) is 24.3 Å². The highest BCUT2D eigenvalue weighted by Crippen LogP contribution is 2.25. The Morgan fingerprint density at radius 3 is 2.48 bits per heavy atom. The maximum atomic E-state index is 13.7. The molecule has 0 aliphatic heterocycles. The van der Waals surface area contributed by atoms with Gasteiger partial charge < -0.3 is 5.32 Å². The molecule has 0 aliphatic rings. The van der Waals surface area contributed by atoms with Crippen LogP contribution < -0.4 is 5.32 Å². The maximum Gasteiger partial charge on any atom is 0.237 e. The van der Waals surface area contributed by atoms with Crippen LogP contribution in [0, 0.1) is 5.82 Å². The molecule has 0 bridgehead atoms. The summed E-state index contributed by atoms with van der Waals surface area (Å²) in [5.74, 6) is -0.364. The van der Waals surface area contributed by atoms with Crippen LogP contribution in [-0.2, 0) is 4.79 Å². The third-order valence-electron chi connectivity index (χ3n) is 4.03. The number of aromatic nitrogens is 4. The second-order valence-corrected chi connectivity index (χ2v) is 7.66. The Balaban J connectivity index is 1.72. The van der Waals surface area contributed by atoms with Crippen LogP contribution in [0.1, 0.15) is 32.3 Å². The Morgan fingerprint density at radius 1 is 1.11 bits per heavy atom. The molecule has 3 rings (SSSR count). The molecule has 8 heteroatoms. The molecule has 6 nitrogen and oxygen atoms in total. The number of nitrogens with one attached hydrogen (secondary N) is 1. The fourth-order valence-electron chi connectivity index (χ4n) is 2.42. The van der Waals surface area contributed by atoms with Crippen molar-refractivity contribution in [1.29, 1.82) is 0 Å². The van der Waals surface area contributed by atoms with Gasteiger partial charge in [0.25, 0.3) is 0 Å². The van der Waals surface area contributed by atoms with Crippen LogP contribution >= 0.6 is 11.8 Å². The largest absolute Gasteiger partial charge is 0.323 e. The molecule has 1 heterocycles. The van der Waals surface area contributed by atoms with Crippen molar-refractivity contribution in [3.8, 4) is 5.69 Å². The van der Waals surface area contributed by atoms with E-state index in [1.165, 1.54) is 29.5 Å². The highest BCUT2D eigenvalue weighted by molar-refractivity contribution is 8.00. The van der Waals surface area contributed by atoms with Gasteiger partial charge in [-0.25, -0.2) is 4.39 Å². The molecule has 1 atom stereocenters. The predicted octanol–water partition coefficient (Wildman–Crippen LogP) is 4.04. The van der Waals surface area contributed by atoms with Crippen LogP contribution in [0.5, 0.6) is 0 Å². The third-order valence-corrected chi connectivity index (χ3v) is 5.06. The maximum absolute atomic E-state index is 13.7. The molecule has 0 fully saturated rings. The summed E-state index contributed by atoms with van der Waals surface area (Å²) in [5.41, 5.74) is 2.19. The molecule has 0 saturated carbocycles. The molecule has 0 saturated heterocycles. The first-order valence-electron chi connectivity index (χ1n) is 8.56. The van der Waals surface area contributed by atoms with Gasteiger partial charge in [-0.3, -0.25) is 4.79 Å². The summed E-state index contributed by atoms with van der Waals surface area (Å²) in [6.07, 6.45) is 0. The Labute approximate surface area is 161 Å². The lowest BCUT2D eigenvalue weighted by atomic mass is 10.0. The van der Waals surface area contributed by atoms with Crippen molar-refractivity contribution in [1.82, 2.24) is 20.2 Å². The van der Waals surface area contributed by atoms with E-state index >= 15 is 0 Å². The minimum Gasteiger partial charge on any atom is -0.323 e. The number of para-hydroxylation sites is 1. The number of rotatable bonds is 6. The summed E-state index contributed by atoms with van der Waals surface area (Å²) in [4.78, 5) is 12.4. The summed E-state index contributed by atoms with van der Waals surface area (Å²) in [6.45, 7) is 5.98. The van der Waals surface area contributed by atoms with Crippen LogP contribution in [-0.4, -0.2) is 31.4 Å². The first kappa shape index (κ1) is 19.0. The summed E-state index contributed by atoms with van der Waals surface area (Å²) < 4.78 is 15.3. The van der Waals surface area contributed by atoms with Crippen molar-refractivity contribution < 1.29 is 9.18 Å². The van der Waals surface area contributed by atoms with Crippen LogP contribution in [0.15, 0.2) is 53.7 Å². The van der Waals surface area contributed by atoms with Gasteiger partial charge in [-0.05, 0) is 53.1 Å². The Kier molecular flexibility index (Phi) is 5.85. The zero-order valence-electron chi connectivity index (χ0n) is 15.3. The number of nitrogens with zero attached hydrogens (tertiary/aromatic N) is 4. The lowest BCUT2D eigenvalue weighted by Crippen LogP contribution is -2.23. The van der Waals surface area contributed by atoms with Gasteiger partial charge in [0.2, 0.25) is 11.1 Å². The number of anilines is 1. The minimum atomic E-state index is -0.510. The number of hydrogen-bond donors (Lipinski definition) is 1. The molecule has 0 aliphatic carbocycles. The number of hydrogen-bond acceptors (Lipinski definition) is 5. The van der Waals surface area contributed by atoms with Gasteiger partial charge in [0.05, 0.1) is 16.6 Å². The van der Waals surface area contributed by atoms with E-state index in [0.29, 0.717) is 11.1 Å². The Hall–Kier alpha value is -2.74. The van der Waals surface area contributed by atoms with E-state index < -0.39 is 11.1 Å². The molecule has 140 valence electrons. The Morgan fingerprint density at radius 2 is 1.81 bits per heavy atom. The average molecular weight is 385 g/mol. The van der Waals surface area contributed by atoms with Gasteiger partial charge in [-0.2, -0.15) is 4.68 Å². The second-order valence-electron chi connectivity index (χ2n) is 6.35. The Bertz CT molecular complexity index is 926. The van der Waals surface area contributed by atoms with Gasteiger partial charge in [-0.15, -0.1) is 5.10 Å². The van der Waals surface area contributed by atoms with Crippen molar-refractivity contribution in [3.63, 3.8) is 0 Å². The van der Waals surface area contributed by atoms with Crippen molar-refractivity contribution in [2.24, 2.45) is 0 Å². The number of benzene rings is 2. The zero-order chi connectivity index (χ0) is 19.4. The highest BCUT2D eigenvalue weighted by atomic mass is 32.2. The van der Waals surface area contributed by atoms with E-state index in [9.17, 15) is 9.18 Å². The number of carbonyl (C=O) groups is 1. The fourth-order valence-corrected chi connectivity index (χ4v) is 3.23. The molecular formula is C19H20FN5OS. The molecule has 2 aromatic carbocycles. The van der Waals surface area contributed by atoms with Crippen molar-refractivity contribution >= 4 is 23.4 Å². The predicted molar refractivity (Wildman–Crippen MR) is 104 cm³/mol. The summed E-state index contributed by atoms with van der Waals surface area (Å²) in [5, 5.41) is 14.3. The van der Waals surface area contributed by atoms with Crippen LogP contribution in [0.3, 0.4) is 0 Å². The number of tetrazole rings is 1. The van der Waals surface area contributed by atoms with Gasteiger partial charge >= 0.3 is 0 Å². The monoisotopic (exact) mass is 385 g/mol. The molecule has 1 amide bonds. The van der Waals surface area contributed by atoms with Gasteiger partial charge in [-0.1, -0.05) is 49.9 Å². The molecule has 0 spiro atoms.